The molecule has 152 valence electrons. The van der Waals surface area contributed by atoms with E-state index < -0.39 is 0 Å². The molecule has 0 aromatic heterocycles. The van der Waals surface area contributed by atoms with Crippen molar-refractivity contribution in [3.05, 3.63) is 65.7 Å². The van der Waals surface area contributed by atoms with E-state index in [4.69, 9.17) is 0 Å². The van der Waals surface area contributed by atoms with Crippen molar-refractivity contribution >= 4 is 17.5 Å². The first-order valence-electron chi connectivity index (χ1n) is 10.5. The normalized spacial score (nSPS) is 19.7. The molecule has 2 aliphatic rings. The first-order valence-corrected chi connectivity index (χ1v) is 10.5. The fourth-order valence-corrected chi connectivity index (χ4v) is 4.33. The third-order valence-electron chi connectivity index (χ3n) is 6.04. The minimum absolute atomic E-state index is 0.109. The van der Waals surface area contributed by atoms with Gasteiger partial charge in [0.15, 0.2) is 0 Å². The van der Waals surface area contributed by atoms with Gasteiger partial charge in [-0.25, -0.2) is 0 Å². The predicted molar refractivity (Wildman–Crippen MR) is 115 cm³/mol. The summed E-state index contributed by atoms with van der Waals surface area (Å²) in [7, 11) is 0. The molecule has 5 heteroatoms. The molecule has 2 saturated heterocycles. The number of piperazine rings is 1. The monoisotopic (exact) mass is 391 g/mol. The van der Waals surface area contributed by atoms with Crippen LogP contribution in [0.4, 0.5) is 5.69 Å². The Balaban J connectivity index is 1.28. The SMILES string of the molecule is Cc1cccc(N2CCN(C(=O)C3CC(=O)N(CCc4ccccc4)C3)CC2)c1. The third kappa shape index (κ3) is 4.61. The Kier molecular flexibility index (Phi) is 5.84. The highest BCUT2D eigenvalue weighted by Crippen LogP contribution is 2.23. The van der Waals surface area contributed by atoms with Gasteiger partial charge in [-0.15, -0.1) is 0 Å². The Morgan fingerprint density at radius 2 is 1.76 bits per heavy atom. The second-order valence-electron chi connectivity index (χ2n) is 8.13. The Morgan fingerprint density at radius 3 is 2.48 bits per heavy atom. The zero-order chi connectivity index (χ0) is 20.2. The topological polar surface area (TPSA) is 43.9 Å². The van der Waals surface area contributed by atoms with Crippen LogP contribution in [0.15, 0.2) is 54.6 Å². The lowest BCUT2D eigenvalue weighted by atomic mass is 10.1. The number of carbonyl (C=O) groups excluding carboxylic acids is 2. The number of anilines is 1. The molecule has 4 rings (SSSR count). The van der Waals surface area contributed by atoms with Crippen LogP contribution in [-0.2, 0) is 16.0 Å². The summed E-state index contributed by atoms with van der Waals surface area (Å²) >= 11 is 0. The van der Waals surface area contributed by atoms with Gasteiger partial charge in [0.25, 0.3) is 0 Å². The van der Waals surface area contributed by atoms with Gasteiger partial charge in [0, 0.05) is 51.4 Å². The number of hydrogen-bond donors (Lipinski definition) is 0. The Labute approximate surface area is 172 Å². The van der Waals surface area contributed by atoms with E-state index in [0.717, 1.165) is 32.6 Å². The average molecular weight is 392 g/mol. The molecule has 0 radical (unpaired) electrons. The van der Waals surface area contributed by atoms with Crippen molar-refractivity contribution in [1.82, 2.24) is 9.80 Å². The molecule has 5 nitrogen and oxygen atoms in total. The molecule has 0 bridgehead atoms. The van der Waals surface area contributed by atoms with Crippen LogP contribution in [0, 0.1) is 12.8 Å². The summed E-state index contributed by atoms with van der Waals surface area (Å²) in [6, 6.07) is 18.7. The van der Waals surface area contributed by atoms with Gasteiger partial charge >= 0.3 is 0 Å². The quantitative estimate of drug-likeness (QED) is 0.787. The molecule has 0 aliphatic carbocycles. The second kappa shape index (κ2) is 8.68. The fourth-order valence-electron chi connectivity index (χ4n) is 4.33. The first-order chi connectivity index (χ1) is 14.1. The van der Waals surface area contributed by atoms with Gasteiger partial charge in [-0.1, -0.05) is 42.5 Å². The standard InChI is InChI=1S/C24H29N3O2/c1-19-6-5-9-22(16-19)25-12-14-26(15-13-25)24(29)21-17-23(28)27(18-21)11-10-20-7-3-2-4-8-20/h2-9,16,21H,10-15,17-18H2,1H3. The van der Waals surface area contributed by atoms with Gasteiger partial charge < -0.3 is 14.7 Å². The van der Waals surface area contributed by atoms with Gasteiger partial charge in [-0.05, 0) is 36.6 Å². The summed E-state index contributed by atoms with van der Waals surface area (Å²) in [6.07, 6.45) is 1.19. The lowest BCUT2D eigenvalue weighted by Gasteiger charge is -2.37. The van der Waals surface area contributed by atoms with Crippen molar-refractivity contribution < 1.29 is 9.59 Å². The number of benzene rings is 2. The number of nitrogens with zero attached hydrogens (tertiary/aromatic N) is 3. The minimum atomic E-state index is -0.191. The van der Waals surface area contributed by atoms with E-state index in [9.17, 15) is 9.59 Å². The van der Waals surface area contributed by atoms with Crippen molar-refractivity contribution in [3.63, 3.8) is 0 Å². The van der Waals surface area contributed by atoms with Crippen LogP contribution < -0.4 is 4.90 Å². The third-order valence-corrected chi connectivity index (χ3v) is 6.04. The van der Waals surface area contributed by atoms with Crippen molar-refractivity contribution in [1.29, 1.82) is 0 Å². The molecule has 1 atom stereocenters. The van der Waals surface area contributed by atoms with Gasteiger partial charge in [-0.2, -0.15) is 0 Å². The molecule has 2 heterocycles. The maximum absolute atomic E-state index is 13.0. The number of aryl methyl sites for hydroxylation is 1. The number of likely N-dealkylation sites (tertiary alicyclic amines) is 1. The zero-order valence-corrected chi connectivity index (χ0v) is 17.1. The van der Waals surface area contributed by atoms with Crippen LogP contribution in [0.5, 0.6) is 0 Å². The van der Waals surface area contributed by atoms with E-state index in [1.54, 1.807) is 0 Å². The smallest absolute Gasteiger partial charge is 0.228 e. The second-order valence-corrected chi connectivity index (χ2v) is 8.13. The van der Waals surface area contributed by atoms with E-state index >= 15 is 0 Å². The largest absolute Gasteiger partial charge is 0.368 e. The number of hydrogen-bond acceptors (Lipinski definition) is 3. The van der Waals surface area contributed by atoms with E-state index in [2.05, 4.69) is 48.2 Å². The molecule has 29 heavy (non-hydrogen) atoms. The Bertz CT molecular complexity index is 859. The van der Waals surface area contributed by atoms with Crippen LogP contribution >= 0.6 is 0 Å². The summed E-state index contributed by atoms with van der Waals surface area (Å²) in [6.45, 7) is 6.48. The van der Waals surface area contributed by atoms with Crippen LogP contribution in [0.25, 0.3) is 0 Å². The molecule has 2 aliphatic heterocycles. The van der Waals surface area contributed by atoms with E-state index in [1.807, 2.05) is 28.0 Å². The summed E-state index contributed by atoms with van der Waals surface area (Å²) in [4.78, 5) is 31.5. The highest BCUT2D eigenvalue weighted by molar-refractivity contribution is 5.89. The van der Waals surface area contributed by atoms with Crippen LogP contribution in [0.2, 0.25) is 0 Å². The molecule has 2 fully saturated rings. The average Bonchev–Trinajstić information content (AvgIpc) is 3.13. The lowest BCUT2D eigenvalue weighted by Crippen LogP contribution is -2.50. The highest BCUT2D eigenvalue weighted by atomic mass is 16.2. The van der Waals surface area contributed by atoms with E-state index in [1.165, 1.54) is 16.8 Å². The maximum atomic E-state index is 13.0. The minimum Gasteiger partial charge on any atom is -0.368 e. The van der Waals surface area contributed by atoms with Crippen molar-refractivity contribution in [2.45, 2.75) is 19.8 Å². The molecule has 2 amide bonds. The van der Waals surface area contributed by atoms with E-state index in [0.29, 0.717) is 19.5 Å². The van der Waals surface area contributed by atoms with Crippen LogP contribution in [0.3, 0.4) is 0 Å². The summed E-state index contributed by atoms with van der Waals surface area (Å²) < 4.78 is 0. The van der Waals surface area contributed by atoms with Gasteiger partial charge in [0.1, 0.15) is 0 Å². The van der Waals surface area contributed by atoms with Gasteiger partial charge in [-0.3, -0.25) is 9.59 Å². The Hall–Kier alpha value is -2.82. The highest BCUT2D eigenvalue weighted by Gasteiger charge is 2.37. The molecule has 2 aromatic rings. The van der Waals surface area contributed by atoms with Crippen LogP contribution in [-0.4, -0.2) is 60.9 Å². The number of carbonyl (C=O) groups is 2. The zero-order valence-electron chi connectivity index (χ0n) is 17.1. The lowest BCUT2D eigenvalue weighted by molar-refractivity contribution is -0.136. The number of amides is 2. The summed E-state index contributed by atoms with van der Waals surface area (Å²) in [5.41, 5.74) is 3.70. The molecule has 0 saturated carbocycles. The van der Waals surface area contributed by atoms with Crippen molar-refractivity contribution in [2.75, 3.05) is 44.2 Å². The van der Waals surface area contributed by atoms with Crippen LogP contribution in [0.1, 0.15) is 17.5 Å². The fraction of sp³-hybridized carbons (Fsp3) is 0.417. The summed E-state index contributed by atoms with van der Waals surface area (Å²) in [5, 5.41) is 0. The summed E-state index contributed by atoms with van der Waals surface area (Å²) in [5.74, 6) is 0.0610. The molecular weight excluding hydrogens is 362 g/mol. The molecule has 2 aromatic carbocycles. The molecule has 0 N–H and O–H groups in total. The first kappa shape index (κ1) is 19.5. The van der Waals surface area contributed by atoms with E-state index in [-0.39, 0.29) is 17.7 Å². The predicted octanol–water partition coefficient (Wildman–Crippen LogP) is 2.73. The maximum Gasteiger partial charge on any atom is 0.228 e. The molecule has 0 spiro atoms. The van der Waals surface area contributed by atoms with Crippen molar-refractivity contribution in [2.24, 2.45) is 5.92 Å². The van der Waals surface area contributed by atoms with Gasteiger partial charge in [0.2, 0.25) is 11.8 Å². The van der Waals surface area contributed by atoms with Gasteiger partial charge in [0.05, 0.1) is 5.92 Å². The Morgan fingerprint density at radius 1 is 1.00 bits per heavy atom. The number of rotatable bonds is 5. The molecular formula is C24H29N3O2. The van der Waals surface area contributed by atoms with Crippen molar-refractivity contribution in [3.8, 4) is 0 Å². The molecule has 1 unspecified atom stereocenters.